The van der Waals surface area contributed by atoms with E-state index in [0.717, 1.165) is 0 Å². The number of amides is 2. The zero-order chi connectivity index (χ0) is 20.3. The van der Waals surface area contributed by atoms with Crippen LogP contribution in [-0.4, -0.2) is 11.8 Å². The summed E-state index contributed by atoms with van der Waals surface area (Å²) in [4.78, 5) is 25.6. The van der Waals surface area contributed by atoms with Gasteiger partial charge in [-0.1, -0.05) is 34.8 Å². The molecule has 2 N–H and O–H groups in total. The number of benzene rings is 2. The molecule has 0 fully saturated rings. The maximum absolute atomic E-state index is 12.7. The molecule has 0 radical (unpaired) electrons. The molecule has 1 aromatic heterocycles. The van der Waals surface area contributed by atoms with E-state index in [0.29, 0.717) is 36.9 Å². The molecule has 9 heteroatoms. The number of thiophene rings is 1. The van der Waals surface area contributed by atoms with Crippen LogP contribution in [-0.2, 0) is 5.88 Å². The van der Waals surface area contributed by atoms with E-state index >= 15 is 0 Å². The molecule has 2 aromatic carbocycles. The minimum atomic E-state index is -0.436. The van der Waals surface area contributed by atoms with Crippen LogP contribution >= 0.6 is 57.7 Å². The highest BCUT2D eigenvalue weighted by molar-refractivity contribution is 7.13. The van der Waals surface area contributed by atoms with Crippen LogP contribution in [0.15, 0.2) is 47.8 Å². The molecule has 0 bridgehead atoms. The molecule has 0 unspecified atom stereocenters. The fourth-order valence-corrected chi connectivity index (χ4v) is 4.27. The van der Waals surface area contributed by atoms with Crippen LogP contribution in [0.2, 0.25) is 15.1 Å². The third-order valence-electron chi connectivity index (χ3n) is 3.73. The van der Waals surface area contributed by atoms with Crippen LogP contribution in [0.25, 0.3) is 0 Å². The minimum Gasteiger partial charge on any atom is -0.322 e. The largest absolute Gasteiger partial charge is 0.322 e. The number of hydrogen-bond donors (Lipinski definition) is 2. The lowest BCUT2D eigenvalue weighted by molar-refractivity contribution is 0.102. The Bertz CT molecular complexity index is 1030. The number of carbonyl (C=O) groups excluding carboxylic acids is 2. The molecule has 144 valence electrons. The molecule has 0 aliphatic carbocycles. The molecule has 0 spiro atoms. The number of carbonyl (C=O) groups is 2. The van der Waals surface area contributed by atoms with Crippen LogP contribution < -0.4 is 10.6 Å². The third kappa shape index (κ3) is 4.80. The average molecular weight is 474 g/mol. The molecular formula is C19H12Cl4N2O2S. The molecule has 3 rings (SSSR count). The highest BCUT2D eigenvalue weighted by atomic mass is 35.5. The normalized spacial score (nSPS) is 10.6. The Morgan fingerprint density at radius 1 is 0.893 bits per heavy atom. The number of rotatable bonds is 5. The Balaban J connectivity index is 1.85. The smallest absolute Gasteiger partial charge is 0.267 e. The van der Waals surface area contributed by atoms with Crippen molar-refractivity contribution < 1.29 is 9.59 Å². The quantitative estimate of drug-likeness (QED) is 0.393. The molecule has 0 atom stereocenters. The van der Waals surface area contributed by atoms with Crippen molar-refractivity contribution in [2.24, 2.45) is 0 Å². The van der Waals surface area contributed by atoms with Gasteiger partial charge in [-0.2, -0.15) is 0 Å². The van der Waals surface area contributed by atoms with Crippen LogP contribution in [0.3, 0.4) is 0 Å². The van der Waals surface area contributed by atoms with E-state index in [4.69, 9.17) is 46.4 Å². The van der Waals surface area contributed by atoms with Gasteiger partial charge < -0.3 is 10.6 Å². The van der Waals surface area contributed by atoms with Gasteiger partial charge in [-0.3, -0.25) is 9.59 Å². The number of halogens is 4. The SMILES string of the molecule is O=C(Nc1ccc(Cl)cc1)c1cc(Cl)ccc1NC(=O)c1scc(CCl)c1Cl. The number of alkyl halides is 1. The second kappa shape index (κ2) is 9.16. The van der Waals surface area contributed by atoms with E-state index in [1.807, 2.05) is 0 Å². The zero-order valence-corrected chi connectivity index (χ0v) is 17.9. The van der Waals surface area contributed by atoms with Crippen molar-refractivity contribution in [1.29, 1.82) is 0 Å². The molecule has 2 amide bonds. The number of hydrogen-bond acceptors (Lipinski definition) is 3. The van der Waals surface area contributed by atoms with Crippen molar-refractivity contribution in [3.05, 3.63) is 78.9 Å². The Labute approximate surface area is 185 Å². The van der Waals surface area contributed by atoms with Crippen LogP contribution in [0.5, 0.6) is 0 Å². The summed E-state index contributed by atoms with van der Waals surface area (Å²) in [5.41, 5.74) is 1.74. The molecular weight excluding hydrogens is 462 g/mol. The van der Waals surface area contributed by atoms with Crippen LogP contribution in [0.1, 0.15) is 25.6 Å². The van der Waals surface area contributed by atoms with Gasteiger partial charge in [-0.15, -0.1) is 22.9 Å². The first kappa shape index (κ1) is 21.0. The Kier molecular flexibility index (Phi) is 6.86. The first-order valence-electron chi connectivity index (χ1n) is 7.88. The van der Waals surface area contributed by atoms with E-state index in [1.165, 1.54) is 17.4 Å². The topological polar surface area (TPSA) is 58.2 Å². The van der Waals surface area contributed by atoms with Gasteiger partial charge in [-0.05, 0) is 53.4 Å². The van der Waals surface area contributed by atoms with Gasteiger partial charge in [0.05, 0.1) is 16.3 Å². The summed E-state index contributed by atoms with van der Waals surface area (Å²) in [5, 5.41) is 8.39. The van der Waals surface area contributed by atoms with Gasteiger partial charge in [0, 0.05) is 21.6 Å². The van der Waals surface area contributed by atoms with E-state index < -0.39 is 11.8 Å². The van der Waals surface area contributed by atoms with Crippen LogP contribution in [0, 0.1) is 0 Å². The summed E-state index contributed by atoms with van der Waals surface area (Å²) < 4.78 is 0. The summed E-state index contributed by atoms with van der Waals surface area (Å²) in [6, 6.07) is 11.3. The van der Waals surface area contributed by atoms with Gasteiger partial charge in [-0.25, -0.2) is 0 Å². The monoisotopic (exact) mass is 472 g/mol. The van der Waals surface area contributed by atoms with E-state index in [-0.39, 0.29) is 11.4 Å². The zero-order valence-electron chi connectivity index (χ0n) is 14.1. The standard InChI is InChI=1S/C19H12Cl4N2O2S/c20-8-10-9-28-17(16(10)23)19(27)25-15-6-3-12(22)7-14(15)18(26)24-13-4-1-11(21)2-5-13/h1-7,9H,8H2,(H,24,26)(H,25,27). The molecule has 0 saturated carbocycles. The molecule has 1 heterocycles. The summed E-state index contributed by atoms with van der Waals surface area (Å²) in [6.07, 6.45) is 0. The summed E-state index contributed by atoms with van der Waals surface area (Å²) >= 11 is 25.1. The van der Waals surface area contributed by atoms with Crippen molar-refractivity contribution in [1.82, 2.24) is 0 Å². The highest BCUT2D eigenvalue weighted by Gasteiger charge is 2.19. The molecule has 0 aliphatic rings. The maximum atomic E-state index is 12.7. The third-order valence-corrected chi connectivity index (χ3v) is 6.07. The molecule has 3 aromatic rings. The molecule has 28 heavy (non-hydrogen) atoms. The van der Waals surface area contributed by atoms with Crippen molar-refractivity contribution in [2.75, 3.05) is 10.6 Å². The van der Waals surface area contributed by atoms with Crippen molar-refractivity contribution >= 4 is 80.9 Å². The number of nitrogens with one attached hydrogen (secondary N) is 2. The first-order chi connectivity index (χ1) is 13.4. The van der Waals surface area contributed by atoms with E-state index in [2.05, 4.69) is 10.6 Å². The van der Waals surface area contributed by atoms with Gasteiger partial charge in [0.15, 0.2) is 0 Å². The Morgan fingerprint density at radius 2 is 1.57 bits per heavy atom. The Morgan fingerprint density at radius 3 is 2.21 bits per heavy atom. The fourth-order valence-electron chi connectivity index (χ4n) is 2.35. The van der Waals surface area contributed by atoms with Gasteiger partial charge >= 0.3 is 0 Å². The van der Waals surface area contributed by atoms with Gasteiger partial charge in [0.2, 0.25) is 0 Å². The van der Waals surface area contributed by atoms with Crippen molar-refractivity contribution in [2.45, 2.75) is 5.88 Å². The Hall–Kier alpha value is -1.76. The lowest BCUT2D eigenvalue weighted by atomic mass is 10.1. The maximum Gasteiger partial charge on any atom is 0.267 e. The van der Waals surface area contributed by atoms with E-state index in [9.17, 15) is 9.59 Å². The highest BCUT2D eigenvalue weighted by Crippen LogP contribution is 2.31. The predicted octanol–water partition coefficient (Wildman–Crippen LogP) is 6.95. The lowest BCUT2D eigenvalue weighted by Crippen LogP contribution is -2.18. The van der Waals surface area contributed by atoms with E-state index in [1.54, 1.807) is 41.8 Å². The number of anilines is 2. The first-order valence-corrected chi connectivity index (χ1v) is 10.4. The van der Waals surface area contributed by atoms with Gasteiger partial charge in [0.1, 0.15) is 4.88 Å². The summed E-state index contributed by atoms with van der Waals surface area (Å²) in [5.74, 6) is -0.661. The second-order valence-electron chi connectivity index (χ2n) is 5.64. The fraction of sp³-hybridized carbons (Fsp3) is 0.0526. The minimum absolute atomic E-state index is 0.207. The second-order valence-corrected chi connectivity index (χ2v) is 8.04. The predicted molar refractivity (Wildman–Crippen MR) is 118 cm³/mol. The van der Waals surface area contributed by atoms with Crippen LogP contribution in [0.4, 0.5) is 11.4 Å². The van der Waals surface area contributed by atoms with Crippen molar-refractivity contribution in [3.63, 3.8) is 0 Å². The lowest BCUT2D eigenvalue weighted by Gasteiger charge is -2.12. The summed E-state index contributed by atoms with van der Waals surface area (Å²) in [6.45, 7) is 0. The molecule has 4 nitrogen and oxygen atoms in total. The average Bonchev–Trinajstić information content (AvgIpc) is 3.05. The molecule has 0 saturated heterocycles. The van der Waals surface area contributed by atoms with Crippen molar-refractivity contribution in [3.8, 4) is 0 Å². The molecule has 0 aliphatic heterocycles. The summed E-state index contributed by atoms with van der Waals surface area (Å²) in [7, 11) is 0. The van der Waals surface area contributed by atoms with Gasteiger partial charge in [0.25, 0.3) is 11.8 Å².